The Kier molecular flexibility index (Phi) is 5.93. The van der Waals surface area contributed by atoms with Crippen molar-refractivity contribution in [2.45, 2.75) is 26.9 Å². The lowest BCUT2D eigenvalue weighted by molar-refractivity contribution is -0.145. The number of benzene rings is 1. The zero-order chi connectivity index (χ0) is 21.3. The molecule has 29 heavy (non-hydrogen) atoms. The van der Waals surface area contributed by atoms with E-state index >= 15 is 0 Å². The van der Waals surface area contributed by atoms with Crippen LogP contribution in [0.3, 0.4) is 0 Å². The molecule has 1 fully saturated rings. The molecule has 1 aliphatic rings. The molecule has 0 saturated carbocycles. The molecule has 0 N–H and O–H groups in total. The number of aryl methyl sites for hydroxylation is 2. The van der Waals surface area contributed by atoms with Crippen molar-refractivity contribution in [3.8, 4) is 11.4 Å². The first-order chi connectivity index (χ1) is 13.7. The summed E-state index contributed by atoms with van der Waals surface area (Å²) in [6.07, 6.45) is -0.721. The van der Waals surface area contributed by atoms with E-state index in [4.69, 9.17) is 4.74 Å². The molecule has 2 aromatic rings. The average Bonchev–Trinajstić information content (AvgIpc) is 2.70. The summed E-state index contributed by atoms with van der Waals surface area (Å²) in [5, 5.41) is 0. The van der Waals surface area contributed by atoms with E-state index in [0.29, 0.717) is 17.9 Å². The number of likely N-dealkylation sites (N-methyl/N-ethyl adjacent to an activating group) is 1. The van der Waals surface area contributed by atoms with Crippen molar-refractivity contribution in [1.82, 2.24) is 19.8 Å². The Morgan fingerprint density at radius 1 is 1.14 bits per heavy atom. The topological polar surface area (TPSA) is 75.6 Å². The summed E-state index contributed by atoms with van der Waals surface area (Å²) < 4.78 is 19.8. The van der Waals surface area contributed by atoms with Crippen molar-refractivity contribution in [3.63, 3.8) is 0 Å². The maximum Gasteiger partial charge on any atom is 0.254 e. The number of aromatic nitrogens is 2. The SMILES string of the molecule is Cc1nc(-c2cc(F)cc(C(=O)N3CCOC(C(=O)N(C)C)C3)c2)nc(C)c1C. The molecular formula is C21H25FN4O3. The lowest BCUT2D eigenvalue weighted by Gasteiger charge is -2.33. The Bertz CT molecular complexity index is 938. The molecule has 0 radical (unpaired) electrons. The number of amides is 2. The molecule has 2 amide bonds. The second kappa shape index (κ2) is 8.24. The van der Waals surface area contributed by atoms with E-state index < -0.39 is 11.9 Å². The molecule has 1 unspecified atom stereocenters. The van der Waals surface area contributed by atoms with Crippen LogP contribution >= 0.6 is 0 Å². The zero-order valence-electron chi connectivity index (χ0n) is 17.3. The van der Waals surface area contributed by atoms with E-state index in [9.17, 15) is 14.0 Å². The third-order valence-electron chi connectivity index (χ3n) is 5.11. The Labute approximate surface area is 169 Å². The highest BCUT2D eigenvalue weighted by Crippen LogP contribution is 2.22. The number of nitrogens with zero attached hydrogens (tertiary/aromatic N) is 4. The van der Waals surface area contributed by atoms with Crippen LogP contribution in [-0.4, -0.2) is 71.5 Å². The van der Waals surface area contributed by atoms with Crippen molar-refractivity contribution < 1.29 is 18.7 Å². The highest BCUT2D eigenvalue weighted by molar-refractivity contribution is 5.96. The van der Waals surface area contributed by atoms with E-state index in [2.05, 4.69) is 9.97 Å². The van der Waals surface area contributed by atoms with Gasteiger partial charge in [-0.3, -0.25) is 9.59 Å². The average molecular weight is 400 g/mol. The first-order valence-corrected chi connectivity index (χ1v) is 9.42. The molecule has 0 bridgehead atoms. The van der Waals surface area contributed by atoms with Crippen molar-refractivity contribution in [1.29, 1.82) is 0 Å². The smallest absolute Gasteiger partial charge is 0.254 e. The Hall–Kier alpha value is -2.87. The molecular weight excluding hydrogens is 375 g/mol. The van der Waals surface area contributed by atoms with E-state index in [-0.39, 0.29) is 30.5 Å². The van der Waals surface area contributed by atoms with Gasteiger partial charge in [0.25, 0.3) is 11.8 Å². The summed E-state index contributed by atoms with van der Waals surface area (Å²) in [4.78, 5) is 37.0. The van der Waals surface area contributed by atoms with Crippen molar-refractivity contribution in [3.05, 3.63) is 46.5 Å². The summed E-state index contributed by atoms with van der Waals surface area (Å²) in [5.41, 5.74) is 3.23. The highest BCUT2D eigenvalue weighted by atomic mass is 19.1. The Morgan fingerprint density at radius 2 is 1.79 bits per heavy atom. The van der Waals surface area contributed by atoms with Gasteiger partial charge in [-0.1, -0.05) is 0 Å². The van der Waals surface area contributed by atoms with Crippen LogP contribution in [0.25, 0.3) is 11.4 Å². The van der Waals surface area contributed by atoms with E-state index in [1.807, 2.05) is 20.8 Å². The molecule has 1 atom stereocenters. The van der Waals surface area contributed by atoms with Crippen molar-refractivity contribution in [2.24, 2.45) is 0 Å². The number of ether oxygens (including phenoxy) is 1. The summed E-state index contributed by atoms with van der Waals surface area (Å²) in [5.74, 6) is -0.728. The standard InChI is InChI=1S/C21H25FN4O3/c1-12-13(2)23-19(24-14(12)3)15-8-16(10-17(22)9-15)20(27)26-6-7-29-18(11-26)21(28)25(4)5/h8-10,18H,6-7,11H2,1-5H3. The molecule has 2 heterocycles. The van der Waals surface area contributed by atoms with Crippen LogP contribution in [0.4, 0.5) is 4.39 Å². The second-order valence-corrected chi connectivity index (χ2v) is 7.41. The molecule has 0 spiro atoms. The van der Waals surface area contributed by atoms with Gasteiger partial charge in [-0.25, -0.2) is 14.4 Å². The number of halogens is 1. The van der Waals surface area contributed by atoms with Crippen LogP contribution < -0.4 is 0 Å². The maximum absolute atomic E-state index is 14.3. The third kappa shape index (κ3) is 4.42. The fourth-order valence-corrected chi connectivity index (χ4v) is 3.20. The van der Waals surface area contributed by atoms with E-state index in [1.54, 1.807) is 20.2 Å². The molecule has 7 nitrogen and oxygen atoms in total. The predicted molar refractivity (Wildman–Crippen MR) is 106 cm³/mol. The lowest BCUT2D eigenvalue weighted by Crippen LogP contribution is -2.51. The number of hydrogen-bond acceptors (Lipinski definition) is 5. The van der Waals surface area contributed by atoms with Crippen LogP contribution in [0.2, 0.25) is 0 Å². The number of carbonyl (C=O) groups excluding carboxylic acids is 2. The largest absolute Gasteiger partial charge is 0.365 e. The molecule has 1 aliphatic heterocycles. The lowest BCUT2D eigenvalue weighted by atomic mass is 10.1. The first-order valence-electron chi connectivity index (χ1n) is 9.42. The highest BCUT2D eigenvalue weighted by Gasteiger charge is 2.31. The fraction of sp³-hybridized carbons (Fsp3) is 0.429. The van der Waals surface area contributed by atoms with Gasteiger partial charge in [0.15, 0.2) is 11.9 Å². The Balaban J connectivity index is 1.90. The number of morpholine rings is 1. The summed E-state index contributed by atoms with van der Waals surface area (Å²) in [7, 11) is 3.27. The molecule has 3 rings (SSSR count). The number of hydrogen-bond donors (Lipinski definition) is 0. The second-order valence-electron chi connectivity index (χ2n) is 7.41. The van der Waals surface area contributed by atoms with Gasteiger partial charge in [0.05, 0.1) is 13.2 Å². The number of carbonyl (C=O) groups is 2. The minimum Gasteiger partial charge on any atom is -0.365 e. The number of rotatable bonds is 3. The van der Waals surface area contributed by atoms with Gasteiger partial charge < -0.3 is 14.5 Å². The zero-order valence-corrected chi connectivity index (χ0v) is 17.3. The summed E-state index contributed by atoms with van der Waals surface area (Å²) >= 11 is 0. The van der Waals surface area contributed by atoms with E-state index in [0.717, 1.165) is 17.0 Å². The monoisotopic (exact) mass is 400 g/mol. The summed E-state index contributed by atoms with van der Waals surface area (Å²) in [6, 6.07) is 4.10. The van der Waals surface area contributed by atoms with Crippen molar-refractivity contribution in [2.75, 3.05) is 33.8 Å². The normalized spacial score (nSPS) is 16.6. The quantitative estimate of drug-likeness (QED) is 0.789. The molecule has 8 heteroatoms. The predicted octanol–water partition coefficient (Wildman–Crippen LogP) is 2.14. The van der Waals surface area contributed by atoms with Gasteiger partial charge in [-0.05, 0) is 44.5 Å². The van der Waals surface area contributed by atoms with Gasteiger partial charge in [0.1, 0.15) is 5.82 Å². The first kappa shape index (κ1) is 20.9. The molecule has 0 aliphatic carbocycles. The van der Waals surface area contributed by atoms with Gasteiger partial charge in [-0.2, -0.15) is 0 Å². The van der Waals surface area contributed by atoms with Crippen LogP contribution in [-0.2, 0) is 9.53 Å². The van der Waals surface area contributed by atoms with Gasteiger partial charge in [0.2, 0.25) is 0 Å². The minimum absolute atomic E-state index is 0.126. The Morgan fingerprint density at radius 3 is 2.41 bits per heavy atom. The molecule has 1 saturated heterocycles. The molecule has 154 valence electrons. The molecule has 1 aromatic carbocycles. The van der Waals surface area contributed by atoms with Crippen LogP contribution in [0.5, 0.6) is 0 Å². The van der Waals surface area contributed by atoms with Gasteiger partial charge in [0, 0.05) is 43.2 Å². The van der Waals surface area contributed by atoms with Crippen LogP contribution in [0.15, 0.2) is 18.2 Å². The fourth-order valence-electron chi connectivity index (χ4n) is 3.20. The van der Waals surface area contributed by atoms with E-state index in [1.165, 1.54) is 21.9 Å². The van der Waals surface area contributed by atoms with Crippen molar-refractivity contribution >= 4 is 11.8 Å². The maximum atomic E-state index is 14.3. The van der Waals surface area contributed by atoms with Gasteiger partial charge >= 0.3 is 0 Å². The molecule has 1 aromatic heterocycles. The van der Waals surface area contributed by atoms with Crippen LogP contribution in [0.1, 0.15) is 27.3 Å². The third-order valence-corrected chi connectivity index (χ3v) is 5.11. The minimum atomic E-state index is -0.721. The summed E-state index contributed by atoms with van der Waals surface area (Å²) in [6.45, 7) is 6.38. The van der Waals surface area contributed by atoms with Crippen LogP contribution in [0, 0.1) is 26.6 Å². The van der Waals surface area contributed by atoms with Gasteiger partial charge in [-0.15, -0.1) is 0 Å².